The van der Waals surface area contributed by atoms with Crippen LogP contribution in [0.15, 0.2) is 65.9 Å². The van der Waals surface area contributed by atoms with Gasteiger partial charge in [-0.1, -0.05) is 84.2 Å². The van der Waals surface area contributed by atoms with Crippen LogP contribution in [0.2, 0.25) is 13.1 Å². The standard InChI is InChI=1S/C22H32OSi/c1-7-18(2)13-15-21(20(4)23)16-14-19(3)17-24(5,6)22-11-9-8-10-12-22/h7-13,17,21H,1,14-16H2,2-6H3/b18-13+,19-17+. The molecule has 0 amide bonds. The van der Waals surface area contributed by atoms with Gasteiger partial charge in [0.15, 0.2) is 0 Å². The zero-order chi connectivity index (χ0) is 18.2. The van der Waals surface area contributed by atoms with Gasteiger partial charge in [0.05, 0.1) is 0 Å². The summed E-state index contributed by atoms with van der Waals surface area (Å²) in [6, 6.07) is 10.8. The Morgan fingerprint density at radius 1 is 1.17 bits per heavy atom. The van der Waals surface area contributed by atoms with Crippen LogP contribution in [0.25, 0.3) is 0 Å². The first-order chi connectivity index (χ1) is 11.3. The summed E-state index contributed by atoms with van der Waals surface area (Å²) < 4.78 is 0. The monoisotopic (exact) mass is 340 g/mol. The summed E-state index contributed by atoms with van der Waals surface area (Å²) in [5.41, 5.74) is 5.03. The Hall–Kier alpha value is -1.67. The molecule has 0 N–H and O–H groups in total. The molecule has 0 aliphatic rings. The van der Waals surface area contributed by atoms with Crippen molar-refractivity contribution in [3.8, 4) is 0 Å². The highest BCUT2D eigenvalue weighted by Crippen LogP contribution is 2.20. The Balaban J connectivity index is 2.73. The number of allylic oxidation sites excluding steroid dienone is 4. The summed E-state index contributed by atoms with van der Waals surface area (Å²) >= 11 is 0. The SMILES string of the molecule is C=C/C(C)=C/CC(CC/C(C)=C/[Si](C)(C)c1ccccc1)C(C)=O. The summed E-state index contributed by atoms with van der Waals surface area (Å²) in [5, 5.41) is 1.46. The highest BCUT2D eigenvalue weighted by molar-refractivity contribution is 6.94. The zero-order valence-corrected chi connectivity index (χ0v) is 16.9. The van der Waals surface area contributed by atoms with Crippen LogP contribution in [0, 0.1) is 5.92 Å². The van der Waals surface area contributed by atoms with Crippen LogP contribution in [0.3, 0.4) is 0 Å². The van der Waals surface area contributed by atoms with Gasteiger partial charge in [-0.3, -0.25) is 4.79 Å². The van der Waals surface area contributed by atoms with Crippen LogP contribution < -0.4 is 5.19 Å². The van der Waals surface area contributed by atoms with Gasteiger partial charge in [0.25, 0.3) is 0 Å². The Morgan fingerprint density at radius 2 is 1.79 bits per heavy atom. The van der Waals surface area contributed by atoms with Gasteiger partial charge in [-0.2, -0.15) is 0 Å². The molecule has 1 rings (SSSR count). The summed E-state index contributed by atoms with van der Waals surface area (Å²) in [6.45, 7) is 14.5. The van der Waals surface area contributed by atoms with E-state index in [1.54, 1.807) is 6.92 Å². The Bertz CT molecular complexity index is 608. The van der Waals surface area contributed by atoms with Crippen molar-refractivity contribution in [1.82, 2.24) is 0 Å². The third-order valence-electron chi connectivity index (χ3n) is 4.63. The Morgan fingerprint density at radius 3 is 2.33 bits per heavy atom. The van der Waals surface area contributed by atoms with Crippen molar-refractivity contribution in [3.63, 3.8) is 0 Å². The molecule has 1 aromatic rings. The average molecular weight is 341 g/mol. The molecule has 0 aliphatic carbocycles. The fourth-order valence-corrected chi connectivity index (χ4v) is 5.53. The molecule has 0 saturated heterocycles. The summed E-state index contributed by atoms with van der Waals surface area (Å²) in [5.74, 6) is 0.403. The molecule has 1 unspecified atom stereocenters. The zero-order valence-electron chi connectivity index (χ0n) is 15.9. The van der Waals surface area contributed by atoms with Gasteiger partial charge < -0.3 is 0 Å². The minimum absolute atomic E-state index is 0.116. The van der Waals surface area contributed by atoms with E-state index < -0.39 is 8.07 Å². The third kappa shape index (κ3) is 6.84. The van der Waals surface area contributed by atoms with E-state index in [0.29, 0.717) is 0 Å². The maximum atomic E-state index is 11.9. The fraction of sp³-hybridized carbons (Fsp3) is 0.409. The molecule has 1 nitrogen and oxygen atoms in total. The Kier molecular flexibility index (Phi) is 8.13. The maximum Gasteiger partial charge on any atom is 0.133 e. The van der Waals surface area contributed by atoms with E-state index in [1.165, 1.54) is 10.8 Å². The van der Waals surface area contributed by atoms with Crippen LogP contribution in [0.1, 0.15) is 40.0 Å². The van der Waals surface area contributed by atoms with E-state index in [4.69, 9.17) is 0 Å². The minimum Gasteiger partial charge on any atom is -0.300 e. The van der Waals surface area contributed by atoms with E-state index in [9.17, 15) is 4.79 Å². The number of carbonyl (C=O) groups excluding carboxylic acids is 1. The number of carbonyl (C=O) groups is 1. The summed E-state index contributed by atoms with van der Waals surface area (Å²) in [6.07, 6.45) is 6.71. The lowest BCUT2D eigenvalue weighted by molar-refractivity contribution is -0.120. The minimum atomic E-state index is -1.56. The van der Waals surface area contributed by atoms with Crippen LogP contribution in [0.5, 0.6) is 0 Å². The van der Waals surface area contributed by atoms with Crippen molar-refractivity contribution in [3.05, 3.63) is 65.9 Å². The molecule has 0 heterocycles. The predicted molar refractivity (Wildman–Crippen MR) is 109 cm³/mol. The van der Waals surface area contributed by atoms with Crippen molar-refractivity contribution in [2.24, 2.45) is 5.92 Å². The first kappa shape index (κ1) is 20.4. The van der Waals surface area contributed by atoms with Crippen LogP contribution in [0.4, 0.5) is 0 Å². The fourth-order valence-electron chi connectivity index (χ4n) is 2.94. The van der Waals surface area contributed by atoms with Gasteiger partial charge in [-0.25, -0.2) is 0 Å². The molecule has 24 heavy (non-hydrogen) atoms. The van der Waals surface area contributed by atoms with E-state index in [1.807, 2.05) is 13.0 Å². The second-order valence-corrected chi connectivity index (χ2v) is 11.6. The molecule has 0 saturated carbocycles. The Labute approximate surface area is 149 Å². The van der Waals surface area contributed by atoms with E-state index in [0.717, 1.165) is 24.8 Å². The van der Waals surface area contributed by atoms with Gasteiger partial charge in [-0.05, 0) is 40.0 Å². The molecule has 1 aromatic carbocycles. The predicted octanol–water partition coefficient (Wildman–Crippen LogP) is 5.60. The number of Topliss-reactive ketones (excluding diaryl/α,β-unsaturated/α-hetero) is 1. The van der Waals surface area contributed by atoms with Gasteiger partial charge in [0, 0.05) is 5.92 Å². The van der Waals surface area contributed by atoms with Crippen molar-refractivity contribution >= 4 is 19.0 Å². The van der Waals surface area contributed by atoms with Crippen molar-refractivity contribution < 1.29 is 4.79 Å². The number of hydrogen-bond donors (Lipinski definition) is 0. The first-order valence-electron chi connectivity index (χ1n) is 8.79. The summed E-state index contributed by atoms with van der Waals surface area (Å²) in [4.78, 5) is 11.9. The number of benzene rings is 1. The lowest BCUT2D eigenvalue weighted by Gasteiger charge is -2.20. The molecule has 130 valence electrons. The molecular formula is C22H32OSi. The van der Waals surface area contributed by atoms with Gasteiger partial charge >= 0.3 is 0 Å². The van der Waals surface area contributed by atoms with Gasteiger partial charge in [0.1, 0.15) is 13.9 Å². The average Bonchev–Trinajstić information content (AvgIpc) is 2.54. The molecule has 2 heteroatoms. The van der Waals surface area contributed by atoms with Crippen LogP contribution >= 0.6 is 0 Å². The number of hydrogen-bond acceptors (Lipinski definition) is 1. The quantitative estimate of drug-likeness (QED) is 0.423. The van der Waals surface area contributed by atoms with Gasteiger partial charge in [0.2, 0.25) is 0 Å². The summed E-state index contributed by atoms with van der Waals surface area (Å²) in [7, 11) is -1.56. The molecular weight excluding hydrogens is 308 g/mol. The molecule has 0 spiro atoms. The number of ketones is 1. The first-order valence-corrected chi connectivity index (χ1v) is 11.9. The van der Waals surface area contributed by atoms with Crippen LogP contribution in [-0.2, 0) is 4.79 Å². The number of rotatable bonds is 9. The van der Waals surface area contributed by atoms with E-state index >= 15 is 0 Å². The second-order valence-electron chi connectivity index (χ2n) is 7.31. The second kappa shape index (κ2) is 9.58. The molecule has 0 radical (unpaired) electrons. The highest BCUT2D eigenvalue weighted by Gasteiger charge is 2.20. The largest absolute Gasteiger partial charge is 0.300 e. The van der Waals surface area contributed by atoms with Crippen molar-refractivity contribution in [1.29, 1.82) is 0 Å². The lowest BCUT2D eigenvalue weighted by atomic mass is 9.93. The van der Waals surface area contributed by atoms with Gasteiger partial charge in [-0.15, -0.1) is 0 Å². The molecule has 0 aliphatic heterocycles. The third-order valence-corrected chi connectivity index (χ3v) is 7.67. The normalized spacial score (nSPS) is 14.4. The van der Waals surface area contributed by atoms with Crippen LogP contribution in [-0.4, -0.2) is 13.9 Å². The molecule has 0 aromatic heterocycles. The highest BCUT2D eigenvalue weighted by atomic mass is 28.3. The molecule has 0 fully saturated rings. The molecule has 0 bridgehead atoms. The molecule has 1 atom stereocenters. The van der Waals surface area contributed by atoms with Crippen molar-refractivity contribution in [2.75, 3.05) is 0 Å². The van der Waals surface area contributed by atoms with E-state index in [2.05, 4.69) is 68.7 Å². The maximum absolute atomic E-state index is 11.9. The lowest BCUT2D eigenvalue weighted by Crippen LogP contribution is -2.39. The smallest absolute Gasteiger partial charge is 0.133 e. The van der Waals surface area contributed by atoms with Crippen molar-refractivity contribution in [2.45, 2.75) is 53.1 Å². The van der Waals surface area contributed by atoms with E-state index in [-0.39, 0.29) is 11.7 Å². The topological polar surface area (TPSA) is 17.1 Å².